The first-order valence-corrected chi connectivity index (χ1v) is 6.05. The average molecular weight is 251 g/mol. The van der Waals surface area contributed by atoms with Gasteiger partial charge >= 0.3 is 0 Å². The number of benzene rings is 1. The summed E-state index contributed by atoms with van der Waals surface area (Å²) in [5.74, 6) is 0.705. The summed E-state index contributed by atoms with van der Waals surface area (Å²) in [5, 5.41) is 0. The van der Waals surface area contributed by atoms with Crippen molar-refractivity contribution in [2.45, 2.75) is 6.61 Å². The number of rotatable bonds is 4. The number of pyridine rings is 1. The van der Waals surface area contributed by atoms with Crippen molar-refractivity contribution in [2.75, 3.05) is 0 Å². The minimum Gasteiger partial charge on any atom is -0.407 e. The monoisotopic (exact) mass is 251 g/mol. The molecule has 94 valence electrons. The van der Waals surface area contributed by atoms with E-state index in [1.165, 1.54) is 0 Å². The van der Waals surface area contributed by atoms with E-state index in [4.69, 9.17) is 4.84 Å². The molecule has 19 heavy (non-hydrogen) atoms. The molecule has 0 fully saturated rings. The van der Waals surface area contributed by atoms with Crippen LogP contribution in [0, 0.1) is 0 Å². The van der Waals surface area contributed by atoms with E-state index in [0.29, 0.717) is 12.4 Å². The van der Waals surface area contributed by atoms with Gasteiger partial charge in [-0.3, -0.25) is 4.98 Å². The average Bonchev–Trinajstić information content (AvgIpc) is 2.95. The van der Waals surface area contributed by atoms with Crippen LogP contribution in [0.4, 0.5) is 0 Å². The van der Waals surface area contributed by atoms with Gasteiger partial charge in [0.2, 0.25) is 0 Å². The second-order valence-electron chi connectivity index (χ2n) is 4.05. The normalized spacial score (nSPS) is 10.3. The fraction of sp³-hybridized carbons (Fsp3) is 0.0667. The van der Waals surface area contributed by atoms with Gasteiger partial charge in [-0.1, -0.05) is 36.4 Å². The number of nitrogens with zero attached hydrogens (tertiary/aromatic N) is 3. The number of imidazole rings is 1. The molecule has 3 rings (SSSR count). The highest BCUT2D eigenvalue weighted by Crippen LogP contribution is 2.13. The predicted molar refractivity (Wildman–Crippen MR) is 72.2 cm³/mol. The van der Waals surface area contributed by atoms with Crippen molar-refractivity contribution in [2.24, 2.45) is 0 Å². The molecule has 0 amide bonds. The third-order valence-corrected chi connectivity index (χ3v) is 2.71. The Hall–Kier alpha value is -2.62. The summed E-state index contributed by atoms with van der Waals surface area (Å²) in [5.41, 5.74) is 1.91. The predicted octanol–water partition coefficient (Wildman–Crippen LogP) is 2.57. The fourth-order valence-corrected chi connectivity index (χ4v) is 1.79. The molecule has 0 aliphatic carbocycles. The summed E-state index contributed by atoms with van der Waals surface area (Å²) in [7, 11) is 0. The van der Waals surface area contributed by atoms with Crippen LogP contribution in [0.2, 0.25) is 0 Å². The van der Waals surface area contributed by atoms with Gasteiger partial charge in [-0.25, -0.2) is 4.98 Å². The largest absolute Gasteiger partial charge is 0.407 e. The summed E-state index contributed by atoms with van der Waals surface area (Å²) in [6, 6.07) is 15.7. The number of aromatic nitrogens is 3. The molecular formula is C15H13N3O. The van der Waals surface area contributed by atoms with E-state index < -0.39 is 0 Å². The Morgan fingerprint density at radius 3 is 2.53 bits per heavy atom. The first-order chi connectivity index (χ1) is 9.43. The minimum absolute atomic E-state index is 0.497. The van der Waals surface area contributed by atoms with Crippen molar-refractivity contribution in [3.05, 3.63) is 72.7 Å². The SMILES string of the molecule is c1ccc(COn2ccnc2-c2ccccn2)cc1. The zero-order valence-electron chi connectivity index (χ0n) is 10.3. The Kier molecular flexibility index (Phi) is 3.23. The van der Waals surface area contributed by atoms with E-state index in [1.54, 1.807) is 23.3 Å². The van der Waals surface area contributed by atoms with Gasteiger partial charge in [-0.05, 0) is 17.7 Å². The highest BCUT2D eigenvalue weighted by atomic mass is 16.7. The molecule has 0 unspecified atom stereocenters. The summed E-state index contributed by atoms with van der Waals surface area (Å²) in [6.07, 6.45) is 5.23. The van der Waals surface area contributed by atoms with E-state index >= 15 is 0 Å². The fourth-order valence-electron chi connectivity index (χ4n) is 1.79. The molecule has 1 aromatic carbocycles. The first kappa shape index (κ1) is 11.5. The van der Waals surface area contributed by atoms with Gasteiger partial charge in [0.1, 0.15) is 12.3 Å². The van der Waals surface area contributed by atoms with Crippen LogP contribution in [-0.2, 0) is 6.61 Å². The van der Waals surface area contributed by atoms with E-state index in [9.17, 15) is 0 Å². The molecule has 4 nitrogen and oxygen atoms in total. The summed E-state index contributed by atoms with van der Waals surface area (Å²) in [4.78, 5) is 14.3. The highest BCUT2D eigenvalue weighted by molar-refractivity contribution is 5.48. The molecule has 0 N–H and O–H groups in total. The third-order valence-electron chi connectivity index (χ3n) is 2.71. The van der Waals surface area contributed by atoms with Gasteiger partial charge in [0.05, 0.1) is 6.20 Å². The van der Waals surface area contributed by atoms with E-state index in [1.807, 2.05) is 48.5 Å². The maximum Gasteiger partial charge on any atom is 0.194 e. The van der Waals surface area contributed by atoms with Crippen LogP contribution < -0.4 is 4.84 Å². The molecule has 0 saturated heterocycles. The van der Waals surface area contributed by atoms with Crippen LogP contribution in [0.15, 0.2) is 67.1 Å². The van der Waals surface area contributed by atoms with Crippen LogP contribution in [0.3, 0.4) is 0 Å². The molecule has 4 heteroatoms. The van der Waals surface area contributed by atoms with Crippen LogP contribution in [-0.4, -0.2) is 14.7 Å². The maximum absolute atomic E-state index is 5.73. The molecule has 2 aromatic heterocycles. The first-order valence-electron chi connectivity index (χ1n) is 6.05. The summed E-state index contributed by atoms with van der Waals surface area (Å²) < 4.78 is 1.65. The number of hydrogen-bond donors (Lipinski definition) is 0. The topological polar surface area (TPSA) is 39.9 Å². The van der Waals surface area contributed by atoms with Gasteiger partial charge in [0.15, 0.2) is 5.82 Å². The molecule has 3 aromatic rings. The van der Waals surface area contributed by atoms with Crippen molar-refractivity contribution < 1.29 is 4.84 Å². The van der Waals surface area contributed by atoms with Crippen LogP contribution in [0.5, 0.6) is 0 Å². The number of hydrogen-bond acceptors (Lipinski definition) is 3. The Morgan fingerprint density at radius 2 is 1.74 bits per heavy atom. The minimum atomic E-state index is 0.497. The molecule has 0 atom stereocenters. The Labute approximate surface area is 111 Å². The Bertz CT molecular complexity index is 635. The van der Waals surface area contributed by atoms with Crippen molar-refractivity contribution in [1.29, 1.82) is 0 Å². The Balaban J connectivity index is 1.78. The molecule has 0 radical (unpaired) electrons. The van der Waals surface area contributed by atoms with Gasteiger partial charge in [0.25, 0.3) is 0 Å². The summed E-state index contributed by atoms with van der Waals surface area (Å²) >= 11 is 0. The summed E-state index contributed by atoms with van der Waals surface area (Å²) in [6.45, 7) is 0.497. The zero-order valence-corrected chi connectivity index (χ0v) is 10.3. The lowest BCUT2D eigenvalue weighted by Crippen LogP contribution is -2.11. The lowest BCUT2D eigenvalue weighted by molar-refractivity contribution is 0.100. The third kappa shape index (κ3) is 2.63. The molecular weight excluding hydrogens is 238 g/mol. The van der Waals surface area contributed by atoms with E-state index in [2.05, 4.69) is 9.97 Å². The lowest BCUT2D eigenvalue weighted by Gasteiger charge is -2.09. The van der Waals surface area contributed by atoms with Crippen molar-refractivity contribution in [1.82, 2.24) is 14.7 Å². The van der Waals surface area contributed by atoms with Gasteiger partial charge < -0.3 is 4.84 Å². The zero-order chi connectivity index (χ0) is 12.9. The molecule has 0 saturated carbocycles. The Morgan fingerprint density at radius 1 is 0.895 bits per heavy atom. The molecule has 2 heterocycles. The molecule has 0 bridgehead atoms. The van der Waals surface area contributed by atoms with Crippen LogP contribution in [0.1, 0.15) is 5.56 Å². The van der Waals surface area contributed by atoms with Gasteiger partial charge in [-0.15, -0.1) is 0 Å². The van der Waals surface area contributed by atoms with Gasteiger partial charge in [0, 0.05) is 12.4 Å². The second-order valence-corrected chi connectivity index (χ2v) is 4.05. The highest BCUT2D eigenvalue weighted by Gasteiger charge is 2.07. The molecule has 0 aliphatic heterocycles. The lowest BCUT2D eigenvalue weighted by atomic mass is 10.2. The van der Waals surface area contributed by atoms with E-state index in [-0.39, 0.29) is 0 Å². The molecule has 0 spiro atoms. The molecule has 0 aliphatic rings. The van der Waals surface area contributed by atoms with Crippen LogP contribution >= 0.6 is 0 Å². The smallest absolute Gasteiger partial charge is 0.194 e. The quantitative estimate of drug-likeness (QED) is 0.715. The van der Waals surface area contributed by atoms with Crippen molar-refractivity contribution >= 4 is 0 Å². The van der Waals surface area contributed by atoms with E-state index in [0.717, 1.165) is 11.3 Å². The van der Waals surface area contributed by atoms with Gasteiger partial charge in [-0.2, -0.15) is 4.73 Å². The van der Waals surface area contributed by atoms with Crippen LogP contribution in [0.25, 0.3) is 11.5 Å². The standard InChI is InChI=1S/C15H13N3O/c1-2-6-13(7-3-1)12-19-18-11-10-17-15(18)14-8-4-5-9-16-14/h1-11H,12H2. The van der Waals surface area contributed by atoms with Crippen molar-refractivity contribution in [3.63, 3.8) is 0 Å². The second kappa shape index (κ2) is 5.35. The maximum atomic E-state index is 5.73. The van der Waals surface area contributed by atoms with Crippen molar-refractivity contribution in [3.8, 4) is 11.5 Å².